The van der Waals surface area contributed by atoms with Crippen molar-refractivity contribution in [3.05, 3.63) is 66.2 Å². The standard InChI is InChI=1S/C22H26NO5P/c1-4-27-29(25,28-5-2)22(23-17-11-13-18(26-3)14-12-17)21-19-9-7-6-8-16(19)10-15-20(21)24/h6-15,22-24H,4-5H2,1-3H3. The SMILES string of the molecule is CCOP(=O)(OCC)C(Nc1ccc(OC)cc1)c1c(O)ccc2ccccc12. The van der Waals surface area contributed by atoms with Crippen LogP contribution in [0.1, 0.15) is 25.2 Å². The average Bonchev–Trinajstić information content (AvgIpc) is 2.73. The summed E-state index contributed by atoms with van der Waals surface area (Å²) in [6, 6.07) is 18.3. The van der Waals surface area contributed by atoms with Gasteiger partial charge in [0.2, 0.25) is 0 Å². The Labute approximate surface area is 171 Å². The first-order valence-electron chi connectivity index (χ1n) is 9.52. The normalized spacial score (nSPS) is 12.7. The van der Waals surface area contributed by atoms with Gasteiger partial charge in [0.05, 0.1) is 20.3 Å². The largest absolute Gasteiger partial charge is 0.508 e. The average molecular weight is 415 g/mol. The Bertz CT molecular complexity index is 996. The molecule has 3 aromatic carbocycles. The topological polar surface area (TPSA) is 77.0 Å². The van der Waals surface area contributed by atoms with Crippen LogP contribution in [-0.2, 0) is 13.6 Å². The predicted octanol–water partition coefficient (Wildman–Crippen LogP) is 5.93. The molecule has 0 aromatic heterocycles. The van der Waals surface area contributed by atoms with Gasteiger partial charge in [-0.2, -0.15) is 0 Å². The monoisotopic (exact) mass is 415 g/mol. The molecule has 0 fully saturated rings. The number of benzene rings is 3. The molecule has 0 saturated heterocycles. The molecule has 1 unspecified atom stereocenters. The highest BCUT2D eigenvalue weighted by molar-refractivity contribution is 7.54. The maximum absolute atomic E-state index is 13.8. The summed E-state index contributed by atoms with van der Waals surface area (Å²) in [5, 5.41) is 15.7. The summed E-state index contributed by atoms with van der Waals surface area (Å²) < 4.78 is 30.3. The molecule has 29 heavy (non-hydrogen) atoms. The quantitative estimate of drug-likeness (QED) is 0.422. The molecule has 0 amide bonds. The van der Waals surface area contributed by atoms with Crippen LogP contribution in [-0.4, -0.2) is 25.4 Å². The first kappa shape index (κ1) is 21.2. The van der Waals surface area contributed by atoms with Gasteiger partial charge in [0.1, 0.15) is 11.5 Å². The highest BCUT2D eigenvalue weighted by Crippen LogP contribution is 2.62. The zero-order valence-electron chi connectivity index (χ0n) is 16.8. The fourth-order valence-corrected chi connectivity index (χ4v) is 5.26. The van der Waals surface area contributed by atoms with Gasteiger partial charge >= 0.3 is 7.60 Å². The smallest absolute Gasteiger partial charge is 0.357 e. The van der Waals surface area contributed by atoms with Gasteiger partial charge in [-0.05, 0) is 55.0 Å². The van der Waals surface area contributed by atoms with Crippen molar-refractivity contribution >= 4 is 24.1 Å². The molecular formula is C22H26NO5P. The van der Waals surface area contributed by atoms with Crippen molar-refractivity contribution in [1.82, 2.24) is 0 Å². The van der Waals surface area contributed by atoms with Crippen molar-refractivity contribution < 1.29 is 23.5 Å². The lowest BCUT2D eigenvalue weighted by atomic mass is 10.0. The van der Waals surface area contributed by atoms with Gasteiger partial charge in [0.15, 0.2) is 5.78 Å². The molecule has 6 nitrogen and oxygen atoms in total. The van der Waals surface area contributed by atoms with Crippen molar-refractivity contribution in [3.8, 4) is 11.5 Å². The second-order valence-electron chi connectivity index (χ2n) is 6.37. The number of methoxy groups -OCH3 is 1. The Morgan fingerprint density at radius 2 is 1.62 bits per heavy atom. The number of nitrogens with one attached hydrogen (secondary N) is 1. The minimum atomic E-state index is -3.67. The molecule has 0 aliphatic heterocycles. The maximum atomic E-state index is 13.8. The molecule has 0 aliphatic rings. The summed E-state index contributed by atoms with van der Waals surface area (Å²) in [7, 11) is -2.07. The molecule has 3 rings (SSSR count). The first-order chi connectivity index (χ1) is 14.0. The van der Waals surface area contributed by atoms with Gasteiger partial charge in [-0.3, -0.25) is 4.57 Å². The van der Waals surface area contributed by atoms with E-state index < -0.39 is 13.4 Å². The lowest BCUT2D eigenvalue weighted by molar-refractivity contribution is 0.214. The summed E-state index contributed by atoms with van der Waals surface area (Å²) in [6.45, 7) is 3.95. The Morgan fingerprint density at radius 3 is 2.24 bits per heavy atom. The van der Waals surface area contributed by atoms with Crippen LogP contribution in [0.5, 0.6) is 11.5 Å². The van der Waals surface area contributed by atoms with Crippen molar-refractivity contribution in [1.29, 1.82) is 0 Å². The van der Waals surface area contributed by atoms with Gasteiger partial charge in [0, 0.05) is 11.3 Å². The number of aromatic hydroxyl groups is 1. The second-order valence-corrected chi connectivity index (χ2v) is 8.48. The fourth-order valence-electron chi connectivity index (χ4n) is 3.27. The minimum absolute atomic E-state index is 0.0225. The summed E-state index contributed by atoms with van der Waals surface area (Å²) in [4.78, 5) is 0. The number of phenols is 1. The van der Waals surface area contributed by atoms with E-state index >= 15 is 0 Å². The molecule has 0 spiro atoms. The first-order valence-corrected chi connectivity index (χ1v) is 11.1. The summed E-state index contributed by atoms with van der Waals surface area (Å²) in [5.74, 6) is -0.172. The van der Waals surface area contributed by atoms with Crippen molar-refractivity contribution in [3.63, 3.8) is 0 Å². The highest BCUT2D eigenvalue weighted by atomic mass is 31.2. The van der Waals surface area contributed by atoms with E-state index in [-0.39, 0.29) is 19.0 Å². The van der Waals surface area contributed by atoms with Crippen LogP contribution in [0.15, 0.2) is 60.7 Å². The molecule has 0 aliphatic carbocycles. The number of phenolic OH excluding ortho intramolecular Hbond substituents is 1. The van der Waals surface area contributed by atoms with Crippen LogP contribution in [0, 0.1) is 0 Å². The van der Waals surface area contributed by atoms with Crippen molar-refractivity contribution in [2.45, 2.75) is 19.6 Å². The fraction of sp³-hybridized carbons (Fsp3) is 0.273. The van der Waals surface area contributed by atoms with Crippen LogP contribution < -0.4 is 10.1 Å². The number of rotatable bonds is 9. The third kappa shape index (κ3) is 4.56. The maximum Gasteiger partial charge on any atom is 0.357 e. The molecular weight excluding hydrogens is 389 g/mol. The van der Waals surface area contributed by atoms with Gasteiger partial charge < -0.3 is 24.2 Å². The Hall–Kier alpha value is -2.53. The molecule has 154 valence electrons. The van der Waals surface area contributed by atoms with E-state index in [1.165, 1.54) is 0 Å². The van der Waals surface area contributed by atoms with E-state index in [9.17, 15) is 9.67 Å². The molecule has 2 N–H and O–H groups in total. The van der Waals surface area contributed by atoms with Gasteiger partial charge in [0.25, 0.3) is 0 Å². The van der Waals surface area contributed by atoms with Crippen LogP contribution in [0.3, 0.4) is 0 Å². The Kier molecular flexibility index (Phi) is 6.80. The lowest BCUT2D eigenvalue weighted by Crippen LogP contribution is -2.16. The molecule has 0 bridgehead atoms. The third-order valence-electron chi connectivity index (χ3n) is 4.55. The molecule has 3 aromatic rings. The van der Waals surface area contributed by atoms with Crippen molar-refractivity contribution in [2.24, 2.45) is 0 Å². The lowest BCUT2D eigenvalue weighted by Gasteiger charge is -2.29. The molecule has 1 atom stereocenters. The number of ether oxygens (including phenoxy) is 1. The van der Waals surface area contributed by atoms with Crippen molar-refractivity contribution in [2.75, 3.05) is 25.6 Å². The predicted molar refractivity (Wildman–Crippen MR) is 116 cm³/mol. The summed E-state index contributed by atoms with van der Waals surface area (Å²) in [5.41, 5.74) is 1.17. The van der Waals surface area contributed by atoms with E-state index in [2.05, 4.69) is 5.32 Å². The molecule has 0 radical (unpaired) electrons. The summed E-state index contributed by atoms with van der Waals surface area (Å²) in [6.07, 6.45) is 0. The van der Waals surface area contributed by atoms with E-state index in [1.54, 1.807) is 39.2 Å². The molecule has 7 heteroatoms. The van der Waals surface area contributed by atoms with E-state index in [0.29, 0.717) is 17.0 Å². The number of fused-ring (bicyclic) bond motifs is 1. The molecule has 0 heterocycles. The highest BCUT2D eigenvalue weighted by Gasteiger charge is 2.39. The van der Waals surface area contributed by atoms with Gasteiger partial charge in [-0.15, -0.1) is 0 Å². The van der Waals surface area contributed by atoms with Crippen LogP contribution in [0.25, 0.3) is 10.8 Å². The van der Waals surface area contributed by atoms with E-state index in [4.69, 9.17) is 13.8 Å². The zero-order valence-corrected chi connectivity index (χ0v) is 17.7. The zero-order chi connectivity index (χ0) is 20.9. The number of anilines is 1. The number of hydrogen-bond acceptors (Lipinski definition) is 6. The van der Waals surface area contributed by atoms with E-state index in [0.717, 1.165) is 10.8 Å². The van der Waals surface area contributed by atoms with Gasteiger partial charge in [-0.25, -0.2) is 0 Å². The van der Waals surface area contributed by atoms with Crippen LogP contribution in [0.2, 0.25) is 0 Å². The second kappa shape index (κ2) is 9.31. The van der Waals surface area contributed by atoms with Crippen LogP contribution >= 0.6 is 7.60 Å². The van der Waals surface area contributed by atoms with E-state index in [1.807, 2.05) is 42.5 Å². The Morgan fingerprint density at radius 1 is 0.966 bits per heavy atom. The Balaban J connectivity index is 2.17. The third-order valence-corrected chi connectivity index (χ3v) is 6.80. The summed E-state index contributed by atoms with van der Waals surface area (Å²) >= 11 is 0. The van der Waals surface area contributed by atoms with Gasteiger partial charge in [-0.1, -0.05) is 30.3 Å². The minimum Gasteiger partial charge on any atom is -0.508 e. The number of hydrogen-bond donors (Lipinski definition) is 2. The van der Waals surface area contributed by atoms with Crippen LogP contribution in [0.4, 0.5) is 5.69 Å². The molecule has 0 saturated carbocycles.